The van der Waals surface area contributed by atoms with E-state index in [1.807, 2.05) is 0 Å². The molecular weight excluding hydrogens is 267 g/mol. The molecule has 2 heterocycles. The maximum absolute atomic E-state index is 9.27. The van der Waals surface area contributed by atoms with Crippen molar-refractivity contribution in [2.24, 2.45) is 0 Å². The number of hydrogen-bond acceptors (Lipinski definition) is 6. The molecule has 0 aliphatic rings. The molecule has 0 aliphatic carbocycles. The van der Waals surface area contributed by atoms with Crippen molar-refractivity contribution in [3.8, 4) is 11.8 Å². The van der Waals surface area contributed by atoms with Crippen LogP contribution in [0.4, 0.5) is 0 Å². The molecule has 0 fully saturated rings. The minimum atomic E-state index is -1.83. The number of aliphatic hydroxyl groups is 1. The first-order valence-electron chi connectivity index (χ1n) is 5.57. The third kappa shape index (κ3) is 4.79. The largest absolute Gasteiger partial charge is 0.468 e. The lowest BCUT2D eigenvalue weighted by atomic mass is 10.5. The summed E-state index contributed by atoms with van der Waals surface area (Å²) in [4.78, 5) is 8.00. The minimum Gasteiger partial charge on any atom is -0.399 e. The highest BCUT2D eigenvalue weighted by Crippen LogP contribution is 2.40. The van der Waals surface area contributed by atoms with E-state index >= 15 is 0 Å². The summed E-state index contributed by atoms with van der Waals surface area (Å²) in [5.74, 6) is 0.704. The molecule has 100 valence electrons. The molecule has 0 saturated heterocycles. The van der Waals surface area contributed by atoms with Crippen LogP contribution in [0.3, 0.4) is 0 Å². The van der Waals surface area contributed by atoms with Crippen LogP contribution in [0, 0.1) is 0 Å². The van der Waals surface area contributed by atoms with Gasteiger partial charge in [0.2, 0.25) is 11.8 Å². The van der Waals surface area contributed by atoms with E-state index in [0.29, 0.717) is 11.8 Å². The van der Waals surface area contributed by atoms with Crippen LogP contribution in [0.2, 0.25) is 0 Å². The molecule has 0 amide bonds. The van der Waals surface area contributed by atoms with Gasteiger partial charge in [0.15, 0.2) is 6.29 Å². The van der Waals surface area contributed by atoms with Crippen molar-refractivity contribution in [1.29, 1.82) is 0 Å². The molecule has 0 radical (unpaired) electrons. The van der Waals surface area contributed by atoms with Crippen LogP contribution in [-0.4, -0.2) is 21.4 Å². The standard InChI is InChI=1S/C12H13N2O4P/c1-10(15)16-19(17-11-6-2-4-8-13-11)18-12-7-3-5-9-14-12/h2-10,15H,1H3. The van der Waals surface area contributed by atoms with Gasteiger partial charge >= 0.3 is 8.60 Å². The Labute approximate surface area is 112 Å². The average Bonchev–Trinajstić information content (AvgIpc) is 2.40. The number of hydrogen-bond donors (Lipinski definition) is 1. The summed E-state index contributed by atoms with van der Waals surface area (Å²) in [6, 6.07) is 10.4. The molecule has 2 aromatic heterocycles. The molecule has 1 atom stereocenters. The third-order valence-corrected chi connectivity index (χ3v) is 3.00. The molecule has 1 unspecified atom stereocenters. The van der Waals surface area contributed by atoms with E-state index < -0.39 is 14.9 Å². The lowest BCUT2D eigenvalue weighted by Crippen LogP contribution is -2.09. The Morgan fingerprint density at radius 2 is 1.53 bits per heavy atom. The topological polar surface area (TPSA) is 73.7 Å². The Hall–Kier alpha value is -1.75. The minimum absolute atomic E-state index is 0.352. The number of aromatic nitrogens is 2. The van der Waals surface area contributed by atoms with Gasteiger partial charge in [-0.05, 0) is 19.1 Å². The Balaban J connectivity index is 2.03. The summed E-state index contributed by atoms with van der Waals surface area (Å²) in [6.07, 6.45) is 2.16. The van der Waals surface area contributed by atoms with Gasteiger partial charge in [0.05, 0.1) is 0 Å². The summed E-state index contributed by atoms with van der Waals surface area (Å²) in [5.41, 5.74) is 0. The van der Waals surface area contributed by atoms with Gasteiger partial charge in [-0.1, -0.05) is 12.1 Å². The molecule has 1 N–H and O–H groups in total. The van der Waals surface area contributed by atoms with Gasteiger partial charge in [-0.2, -0.15) is 0 Å². The number of pyridine rings is 2. The zero-order chi connectivity index (χ0) is 13.5. The number of aliphatic hydroxyl groups excluding tert-OH is 1. The highest BCUT2D eigenvalue weighted by molar-refractivity contribution is 7.42. The molecule has 0 spiro atoms. The molecule has 0 bridgehead atoms. The second kappa shape index (κ2) is 6.99. The fourth-order valence-electron chi connectivity index (χ4n) is 1.14. The van der Waals surface area contributed by atoms with E-state index in [-0.39, 0.29) is 0 Å². The van der Waals surface area contributed by atoms with E-state index in [1.165, 1.54) is 6.92 Å². The van der Waals surface area contributed by atoms with Crippen molar-refractivity contribution in [2.75, 3.05) is 0 Å². The van der Waals surface area contributed by atoms with Gasteiger partial charge in [-0.25, -0.2) is 9.97 Å². The molecule has 0 aromatic carbocycles. The third-order valence-electron chi connectivity index (χ3n) is 1.85. The lowest BCUT2D eigenvalue weighted by Gasteiger charge is -2.17. The van der Waals surface area contributed by atoms with Gasteiger partial charge in [-0.15, -0.1) is 0 Å². The van der Waals surface area contributed by atoms with E-state index in [9.17, 15) is 5.11 Å². The van der Waals surface area contributed by atoms with E-state index in [2.05, 4.69) is 9.97 Å². The van der Waals surface area contributed by atoms with Gasteiger partial charge in [0.25, 0.3) is 0 Å². The highest BCUT2D eigenvalue weighted by atomic mass is 31.2. The Kier molecular flexibility index (Phi) is 5.03. The van der Waals surface area contributed by atoms with E-state index in [1.54, 1.807) is 48.8 Å². The molecule has 0 aliphatic heterocycles. The molecule has 6 nitrogen and oxygen atoms in total. The van der Waals surface area contributed by atoms with Crippen molar-refractivity contribution in [1.82, 2.24) is 9.97 Å². The van der Waals surface area contributed by atoms with Crippen molar-refractivity contribution in [3.05, 3.63) is 48.8 Å². The van der Waals surface area contributed by atoms with Crippen molar-refractivity contribution in [2.45, 2.75) is 13.2 Å². The first kappa shape index (κ1) is 13.7. The van der Waals surface area contributed by atoms with Crippen LogP contribution in [0.5, 0.6) is 11.8 Å². The van der Waals surface area contributed by atoms with Crippen LogP contribution >= 0.6 is 8.60 Å². The quantitative estimate of drug-likeness (QED) is 0.647. The number of nitrogens with zero attached hydrogens (tertiary/aromatic N) is 2. The zero-order valence-corrected chi connectivity index (χ0v) is 11.1. The summed E-state index contributed by atoms with van der Waals surface area (Å²) in [7, 11) is -1.83. The van der Waals surface area contributed by atoms with Gasteiger partial charge in [-0.3, -0.25) is 4.52 Å². The first-order chi connectivity index (χ1) is 9.24. The van der Waals surface area contributed by atoms with Crippen molar-refractivity contribution >= 4 is 8.60 Å². The average molecular weight is 280 g/mol. The molecule has 2 aromatic rings. The van der Waals surface area contributed by atoms with Crippen LogP contribution in [0.1, 0.15) is 6.92 Å². The molecule has 7 heteroatoms. The predicted molar refractivity (Wildman–Crippen MR) is 69.4 cm³/mol. The summed E-state index contributed by atoms with van der Waals surface area (Å²) >= 11 is 0. The zero-order valence-electron chi connectivity index (χ0n) is 10.2. The van der Waals surface area contributed by atoms with Crippen LogP contribution in [0.15, 0.2) is 48.8 Å². The lowest BCUT2D eigenvalue weighted by molar-refractivity contribution is -0.00625. The fraction of sp³-hybridized carbons (Fsp3) is 0.167. The molecular formula is C12H13N2O4P. The summed E-state index contributed by atoms with van der Waals surface area (Å²) < 4.78 is 16.0. The monoisotopic (exact) mass is 280 g/mol. The second-order valence-corrected chi connectivity index (χ2v) is 4.47. The van der Waals surface area contributed by atoms with Crippen molar-refractivity contribution in [3.63, 3.8) is 0 Å². The smallest absolute Gasteiger partial charge is 0.399 e. The normalized spacial score (nSPS) is 12.2. The van der Waals surface area contributed by atoms with Crippen LogP contribution in [-0.2, 0) is 4.52 Å². The summed E-state index contributed by atoms with van der Waals surface area (Å²) in [5, 5.41) is 9.27. The fourth-order valence-corrected chi connectivity index (χ4v) is 2.04. The highest BCUT2D eigenvalue weighted by Gasteiger charge is 2.20. The second-order valence-electron chi connectivity index (χ2n) is 3.45. The van der Waals surface area contributed by atoms with Crippen LogP contribution in [0.25, 0.3) is 0 Å². The molecule has 0 saturated carbocycles. The summed E-state index contributed by atoms with van der Waals surface area (Å²) in [6.45, 7) is 1.47. The first-order valence-corrected chi connectivity index (χ1v) is 6.66. The van der Waals surface area contributed by atoms with Gasteiger partial charge < -0.3 is 14.2 Å². The van der Waals surface area contributed by atoms with Crippen molar-refractivity contribution < 1.29 is 18.7 Å². The maximum Gasteiger partial charge on any atom is 0.468 e. The molecule has 19 heavy (non-hydrogen) atoms. The Morgan fingerprint density at radius 1 is 1.00 bits per heavy atom. The SMILES string of the molecule is CC(O)OP(Oc1ccccn1)Oc1ccccn1. The van der Waals surface area contributed by atoms with E-state index in [0.717, 1.165) is 0 Å². The van der Waals surface area contributed by atoms with Crippen LogP contribution < -0.4 is 9.05 Å². The van der Waals surface area contributed by atoms with Gasteiger partial charge in [0, 0.05) is 24.5 Å². The maximum atomic E-state index is 9.27. The number of rotatable bonds is 6. The van der Waals surface area contributed by atoms with E-state index in [4.69, 9.17) is 13.6 Å². The predicted octanol–water partition coefficient (Wildman–Crippen LogP) is 2.52. The molecule has 2 rings (SSSR count). The van der Waals surface area contributed by atoms with Gasteiger partial charge in [0.1, 0.15) is 0 Å². The Bertz CT molecular complexity index is 442. The Morgan fingerprint density at radius 3 is 1.89 bits per heavy atom.